The molecule has 0 atom stereocenters. The lowest BCUT2D eigenvalue weighted by Crippen LogP contribution is -2.16. The van der Waals surface area contributed by atoms with Crippen LogP contribution >= 0.6 is 22.6 Å². The molecule has 4 nitrogen and oxygen atoms in total. The zero-order valence-corrected chi connectivity index (χ0v) is 14.1. The molecule has 2 aromatic carbocycles. The minimum absolute atomic E-state index is 0.0200. The molecule has 0 aliphatic rings. The van der Waals surface area contributed by atoms with Gasteiger partial charge in [-0.3, -0.25) is 0 Å². The monoisotopic (exact) mass is 412 g/mol. The fourth-order valence-electron chi connectivity index (χ4n) is 1.77. The Morgan fingerprint density at radius 2 is 1.86 bits per heavy atom. The van der Waals surface area contributed by atoms with Crippen molar-refractivity contribution < 1.29 is 8.42 Å². The maximum Gasteiger partial charge on any atom is 0.180 e. The Balaban J connectivity index is 2.01. The van der Waals surface area contributed by atoms with Crippen LogP contribution in [0.1, 0.15) is 5.56 Å². The van der Waals surface area contributed by atoms with Crippen molar-refractivity contribution in [2.45, 2.75) is 4.90 Å². The summed E-state index contributed by atoms with van der Waals surface area (Å²) in [5, 5.41) is 11.9. The summed E-state index contributed by atoms with van der Waals surface area (Å²) in [6.07, 6.45) is 0. The van der Waals surface area contributed by atoms with Crippen LogP contribution in [0.25, 0.3) is 0 Å². The van der Waals surface area contributed by atoms with Gasteiger partial charge in [0, 0.05) is 15.8 Å². The molecule has 0 aliphatic heterocycles. The van der Waals surface area contributed by atoms with E-state index in [0.717, 1.165) is 9.26 Å². The molecule has 0 spiro atoms. The van der Waals surface area contributed by atoms with E-state index < -0.39 is 9.84 Å². The third-order valence-corrected chi connectivity index (χ3v) is 5.30. The molecule has 0 aromatic heterocycles. The number of hydrogen-bond acceptors (Lipinski definition) is 4. The van der Waals surface area contributed by atoms with Gasteiger partial charge in [-0.1, -0.05) is 6.07 Å². The fourth-order valence-corrected chi connectivity index (χ4v) is 3.33. The molecular formula is C15H13IN2O2S. The van der Waals surface area contributed by atoms with Gasteiger partial charge in [-0.15, -0.1) is 0 Å². The Kier molecular flexibility index (Phi) is 5.20. The first-order chi connectivity index (χ1) is 10.0. The van der Waals surface area contributed by atoms with E-state index in [4.69, 9.17) is 5.26 Å². The second-order valence-corrected chi connectivity index (χ2v) is 7.75. The molecule has 1 N–H and O–H groups in total. The molecule has 21 heavy (non-hydrogen) atoms. The molecular weight excluding hydrogens is 399 g/mol. The Hall–Kier alpha value is -1.59. The maximum absolute atomic E-state index is 12.2. The molecule has 0 bridgehead atoms. The lowest BCUT2D eigenvalue weighted by Gasteiger charge is -2.08. The molecule has 108 valence electrons. The van der Waals surface area contributed by atoms with Crippen molar-refractivity contribution in [1.29, 1.82) is 5.26 Å². The molecule has 6 heteroatoms. The molecule has 2 aromatic rings. The summed E-state index contributed by atoms with van der Waals surface area (Å²) in [5.41, 5.74) is 1.23. The van der Waals surface area contributed by atoms with Gasteiger partial charge in [-0.25, -0.2) is 8.42 Å². The van der Waals surface area contributed by atoms with Crippen LogP contribution in [0.5, 0.6) is 0 Å². The molecule has 0 aliphatic carbocycles. The van der Waals surface area contributed by atoms with E-state index in [1.807, 2.05) is 30.3 Å². The predicted molar refractivity (Wildman–Crippen MR) is 90.9 cm³/mol. The Labute approximate surface area is 137 Å². The second kappa shape index (κ2) is 6.91. The maximum atomic E-state index is 12.2. The van der Waals surface area contributed by atoms with Gasteiger partial charge in [0.2, 0.25) is 0 Å². The summed E-state index contributed by atoms with van der Waals surface area (Å²) in [6.45, 7) is 0.319. The highest BCUT2D eigenvalue weighted by Crippen LogP contribution is 2.14. The zero-order chi connectivity index (χ0) is 15.3. The summed E-state index contributed by atoms with van der Waals surface area (Å²) in [5.74, 6) is -0.0200. The van der Waals surface area contributed by atoms with E-state index in [2.05, 4.69) is 27.9 Å². The summed E-state index contributed by atoms with van der Waals surface area (Å²) >= 11 is 2.21. The standard InChI is InChI=1S/C15H13IN2O2S/c16-13-4-6-14(7-5-13)18-8-9-21(19,20)15-3-1-2-12(10-15)11-17/h1-7,10,18H,8-9H2. The second-order valence-electron chi connectivity index (χ2n) is 4.39. The molecule has 0 radical (unpaired) electrons. The van der Waals surface area contributed by atoms with Crippen molar-refractivity contribution in [3.8, 4) is 6.07 Å². The summed E-state index contributed by atoms with van der Waals surface area (Å²) in [4.78, 5) is 0.186. The highest BCUT2D eigenvalue weighted by molar-refractivity contribution is 14.1. The lowest BCUT2D eigenvalue weighted by atomic mass is 10.2. The van der Waals surface area contributed by atoms with Gasteiger partial charge in [-0.05, 0) is 65.1 Å². The van der Waals surface area contributed by atoms with Crippen molar-refractivity contribution in [3.05, 3.63) is 57.7 Å². The van der Waals surface area contributed by atoms with Gasteiger partial charge in [0.25, 0.3) is 0 Å². The number of nitrogens with one attached hydrogen (secondary N) is 1. The average molecular weight is 412 g/mol. The third-order valence-electron chi connectivity index (χ3n) is 2.87. The molecule has 0 saturated carbocycles. The number of benzene rings is 2. The van der Waals surface area contributed by atoms with Crippen molar-refractivity contribution in [1.82, 2.24) is 0 Å². The third kappa shape index (κ3) is 4.44. The highest BCUT2D eigenvalue weighted by Gasteiger charge is 2.14. The minimum atomic E-state index is -3.39. The summed E-state index contributed by atoms with van der Waals surface area (Å²) in [6, 6.07) is 15.8. The first-order valence-corrected chi connectivity index (χ1v) is 8.97. The van der Waals surface area contributed by atoms with Crippen molar-refractivity contribution in [2.75, 3.05) is 17.6 Å². The Bertz CT molecular complexity index is 765. The largest absolute Gasteiger partial charge is 0.384 e. The van der Waals surface area contributed by atoms with Crippen LogP contribution in [0, 0.1) is 14.9 Å². The minimum Gasteiger partial charge on any atom is -0.384 e. The number of sulfone groups is 1. The highest BCUT2D eigenvalue weighted by atomic mass is 127. The smallest absolute Gasteiger partial charge is 0.180 e. The van der Waals surface area contributed by atoms with Crippen LogP contribution in [-0.4, -0.2) is 20.7 Å². The van der Waals surface area contributed by atoms with Crippen LogP contribution in [-0.2, 0) is 9.84 Å². The van der Waals surface area contributed by atoms with Gasteiger partial charge in [0.1, 0.15) is 0 Å². The summed E-state index contributed by atoms with van der Waals surface area (Å²) < 4.78 is 25.5. The van der Waals surface area contributed by atoms with Crippen molar-refractivity contribution in [3.63, 3.8) is 0 Å². The topological polar surface area (TPSA) is 70.0 Å². The number of rotatable bonds is 5. The van der Waals surface area contributed by atoms with E-state index in [0.29, 0.717) is 12.1 Å². The van der Waals surface area contributed by atoms with E-state index in [9.17, 15) is 8.42 Å². The predicted octanol–water partition coefficient (Wildman–Crippen LogP) is 3.05. The molecule has 0 unspecified atom stereocenters. The SMILES string of the molecule is N#Cc1cccc(S(=O)(=O)CCNc2ccc(I)cc2)c1. The van der Waals surface area contributed by atoms with Crippen LogP contribution in [0.3, 0.4) is 0 Å². The fraction of sp³-hybridized carbons (Fsp3) is 0.133. The van der Waals surface area contributed by atoms with Crippen molar-refractivity contribution in [2.24, 2.45) is 0 Å². The van der Waals surface area contributed by atoms with Gasteiger partial charge in [-0.2, -0.15) is 5.26 Å². The van der Waals surface area contributed by atoms with E-state index >= 15 is 0 Å². The van der Waals surface area contributed by atoms with E-state index in [-0.39, 0.29) is 10.6 Å². The Morgan fingerprint density at radius 3 is 2.52 bits per heavy atom. The van der Waals surface area contributed by atoms with Crippen LogP contribution in [0.2, 0.25) is 0 Å². The first kappa shape index (κ1) is 15.8. The van der Waals surface area contributed by atoms with Crippen LogP contribution in [0.4, 0.5) is 5.69 Å². The van der Waals surface area contributed by atoms with Gasteiger partial charge in [0.05, 0.1) is 22.3 Å². The first-order valence-electron chi connectivity index (χ1n) is 6.24. The van der Waals surface area contributed by atoms with Crippen molar-refractivity contribution >= 4 is 38.1 Å². The molecule has 0 saturated heterocycles. The summed E-state index contributed by atoms with van der Waals surface area (Å²) in [7, 11) is -3.39. The molecule has 2 rings (SSSR count). The average Bonchev–Trinajstić information content (AvgIpc) is 2.49. The van der Waals surface area contributed by atoms with E-state index in [1.54, 1.807) is 12.1 Å². The number of halogens is 1. The van der Waals surface area contributed by atoms with Gasteiger partial charge < -0.3 is 5.32 Å². The van der Waals surface area contributed by atoms with Gasteiger partial charge in [0.15, 0.2) is 9.84 Å². The number of nitrogens with zero attached hydrogens (tertiary/aromatic N) is 1. The molecule has 0 fully saturated rings. The number of nitriles is 1. The Morgan fingerprint density at radius 1 is 1.14 bits per heavy atom. The number of hydrogen-bond donors (Lipinski definition) is 1. The van der Waals surface area contributed by atoms with E-state index in [1.165, 1.54) is 12.1 Å². The van der Waals surface area contributed by atoms with Crippen LogP contribution in [0.15, 0.2) is 53.4 Å². The number of anilines is 1. The zero-order valence-electron chi connectivity index (χ0n) is 11.1. The normalized spacial score (nSPS) is 10.9. The van der Waals surface area contributed by atoms with Gasteiger partial charge >= 0.3 is 0 Å². The van der Waals surface area contributed by atoms with Crippen LogP contribution < -0.4 is 5.32 Å². The quantitative estimate of drug-likeness (QED) is 0.767. The molecule has 0 amide bonds. The lowest BCUT2D eigenvalue weighted by molar-refractivity contribution is 0.596. The molecule has 0 heterocycles.